The largest absolute Gasteiger partial charge is 0.497 e. The SMILES string of the molecule is Br.COc1ccc2c(c1)nc(SCC(=O)C(C)(C)C)n2Cc1ccccc1. The standard InChI is InChI=1S/C21H24N2O2S.BrH/c1-21(2,3)19(24)14-26-20-22-17-12-16(25-4)10-11-18(17)23(20)13-15-8-6-5-7-9-15;/h5-12H,13-14H2,1-4H3;1H. The highest BCUT2D eigenvalue weighted by Crippen LogP contribution is 2.29. The monoisotopic (exact) mass is 448 g/mol. The summed E-state index contributed by atoms with van der Waals surface area (Å²) in [7, 11) is 1.65. The van der Waals surface area contributed by atoms with E-state index in [2.05, 4.69) is 16.7 Å². The number of nitrogens with zero attached hydrogens (tertiary/aromatic N) is 2. The van der Waals surface area contributed by atoms with Crippen LogP contribution in [0.4, 0.5) is 0 Å². The minimum absolute atomic E-state index is 0. The van der Waals surface area contributed by atoms with Crippen LogP contribution in [0.3, 0.4) is 0 Å². The molecule has 3 aromatic rings. The van der Waals surface area contributed by atoms with Gasteiger partial charge in [-0.3, -0.25) is 4.79 Å². The van der Waals surface area contributed by atoms with Crippen LogP contribution in [0.1, 0.15) is 26.3 Å². The molecule has 144 valence electrons. The van der Waals surface area contributed by atoms with Gasteiger partial charge in [-0.25, -0.2) is 4.98 Å². The lowest BCUT2D eigenvalue weighted by atomic mass is 9.92. The summed E-state index contributed by atoms with van der Waals surface area (Å²) < 4.78 is 7.49. The maximum absolute atomic E-state index is 12.3. The number of ether oxygens (including phenoxy) is 1. The Labute approximate surface area is 175 Å². The molecular formula is C21H25BrN2O2S. The van der Waals surface area contributed by atoms with Gasteiger partial charge in [-0.1, -0.05) is 62.9 Å². The van der Waals surface area contributed by atoms with Crippen molar-refractivity contribution in [1.29, 1.82) is 0 Å². The van der Waals surface area contributed by atoms with Gasteiger partial charge in [0.1, 0.15) is 11.5 Å². The van der Waals surface area contributed by atoms with Crippen LogP contribution in [-0.4, -0.2) is 28.2 Å². The molecule has 3 rings (SSSR count). The van der Waals surface area contributed by atoms with E-state index in [-0.39, 0.29) is 28.2 Å². The molecule has 0 aliphatic carbocycles. The van der Waals surface area contributed by atoms with Gasteiger partial charge in [-0.05, 0) is 17.7 Å². The van der Waals surface area contributed by atoms with Gasteiger partial charge in [0.2, 0.25) is 0 Å². The third-order valence-electron chi connectivity index (χ3n) is 4.27. The maximum atomic E-state index is 12.3. The van der Waals surface area contributed by atoms with Crippen molar-refractivity contribution in [2.75, 3.05) is 12.9 Å². The van der Waals surface area contributed by atoms with Crippen LogP contribution in [0.25, 0.3) is 11.0 Å². The van der Waals surface area contributed by atoms with Crippen LogP contribution in [-0.2, 0) is 11.3 Å². The van der Waals surface area contributed by atoms with Crippen molar-refractivity contribution in [1.82, 2.24) is 9.55 Å². The summed E-state index contributed by atoms with van der Waals surface area (Å²) in [5.41, 5.74) is 2.78. The van der Waals surface area contributed by atoms with Crippen LogP contribution in [0.15, 0.2) is 53.7 Å². The fourth-order valence-corrected chi connectivity index (χ4v) is 3.76. The smallest absolute Gasteiger partial charge is 0.169 e. The van der Waals surface area contributed by atoms with Gasteiger partial charge in [0.15, 0.2) is 5.16 Å². The van der Waals surface area contributed by atoms with Gasteiger partial charge < -0.3 is 9.30 Å². The number of fused-ring (bicyclic) bond motifs is 1. The van der Waals surface area contributed by atoms with E-state index in [1.54, 1.807) is 7.11 Å². The van der Waals surface area contributed by atoms with Gasteiger partial charge in [-0.15, -0.1) is 17.0 Å². The molecule has 0 saturated carbocycles. The van der Waals surface area contributed by atoms with E-state index in [4.69, 9.17) is 9.72 Å². The molecule has 1 heterocycles. The Hall–Kier alpha value is -1.79. The van der Waals surface area contributed by atoms with Crippen LogP contribution in [0.5, 0.6) is 5.75 Å². The third kappa shape index (κ3) is 5.14. The summed E-state index contributed by atoms with van der Waals surface area (Å²) in [6.07, 6.45) is 0. The average Bonchev–Trinajstić information content (AvgIpc) is 2.96. The number of Topliss-reactive ketones (excluding diaryl/α,β-unsaturated/α-hetero) is 1. The summed E-state index contributed by atoms with van der Waals surface area (Å²) in [6.45, 7) is 6.57. The molecule has 0 saturated heterocycles. The molecule has 4 nitrogen and oxygen atoms in total. The zero-order chi connectivity index (χ0) is 18.7. The molecule has 0 aliphatic heterocycles. The summed E-state index contributed by atoms with van der Waals surface area (Å²) in [6, 6.07) is 16.2. The van der Waals surface area contributed by atoms with E-state index in [9.17, 15) is 4.79 Å². The second kappa shape index (κ2) is 8.93. The van der Waals surface area contributed by atoms with E-state index in [0.29, 0.717) is 5.75 Å². The minimum Gasteiger partial charge on any atom is -0.497 e. The number of imidazole rings is 1. The first-order valence-corrected chi connectivity index (χ1v) is 9.61. The Morgan fingerprint density at radius 3 is 2.48 bits per heavy atom. The molecule has 0 fully saturated rings. The predicted octanol–water partition coefficient (Wildman–Crippen LogP) is 5.38. The highest BCUT2D eigenvalue weighted by Gasteiger charge is 2.22. The lowest BCUT2D eigenvalue weighted by molar-refractivity contribution is -0.123. The Morgan fingerprint density at radius 1 is 1.15 bits per heavy atom. The normalized spacial score (nSPS) is 11.3. The molecule has 6 heteroatoms. The molecule has 0 aliphatic rings. The first-order chi connectivity index (χ1) is 12.4. The van der Waals surface area contributed by atoms with Crippen LogP contribution >= 0.6 is 28.7 Å². The van der Waals surface area contributed by atoms with Crippen LogP contribution in [0, 0.1) is 5.41 Å². The topological polar surface area (TPSA) is 44.1 Å². The number of carbonyl (C=O) groups excluding carboxylic acids is 1. The third-order valence-corrected chi connectivity index (χ3v) is 5.25. The van der Waals surface area contributed by atoms with Gasteiger partial charge >= 0.3 is 0 Å². The summed E-state index contributed by atoms with van der Waals surface area (Å²) in [4.78, 5) is 17.1. The number of hydrogen-bond donors (Lipinski definition) is 0. The first-order valence-electron chi connectivity index (χ1n) is 8.63. The molecule has 0 atom stereocenters. The van der Waals surface area contributed by atoms with Crippen LogP contribution in [0.2, 0.25) is 0 Å². The van der Waals surface area contributed by atoms with E-state index in [1.807, 2.05) is 57.2 Å². The van der Waals surface area contributed by atoms with E-state index >= 15 is 0 Å². The Kier molecular flexibility index (Phi) is 7.12. The van der Waals surface area contributed by atoms with Crippen molar-refractivity contribution in [2.24, 2.45) is 5.41 Å². The number of carbonyl (C=O) groups is 1. The highest BCUT2D eigenvalue weighted by molar-refractivity contribution is 8.93. The van der Waals surface area contributed by atoms with E-state index < -0.39 is 0 Å². The van der Waals surface area contributed by atoms with Gasteiger partial charge in [0, 0.05) is 11.5 Å². The molecule has 0 radical (unpaired) electrons. The quantitative estimate of drug-likeness (QED) is 0.474. The lowest BCUT2D eigenvalue weighted by Crippen LogP contribution is -2.22. The molecule has 0 amide bonds. The zero-order valence-electron chi connectivity index (χ0n) is 16.1. The molecular weight excluding hydrogens is 424 g/mol. The number of rotatable bonds is 6. The van der Waals surface area contributed by atoms with Crippen molar-refractivity contribution in [3.8, 4) is 5.75 Å². The highest BCUT2D eigenvalue weighted by atomic mass is 79.9. The van der Waals surface area contributed by atoms with Crippen molar-refractivity contribution >= 4 is 45.6 Å². The van der Waals surface area contributed by atoms with Gasteiger partial charge in [-0.2, -0.15) is 0 Å². The van der Waals surface area contributed by atoms with E-state index in [0.717, 1.165) is 28.5 Å². The number of halogens is 1. The van der Waals surface area contributed by atoms with Crippen molar-refractivity contribution in [3.05, 3.63) is 54.1 Å². The Bertz CT molecular complexity index is 917. The number of methoxy groups -OCH3 is 1. The zero-order valence-corrected chi connectivity index (χ0v) is 18.6. The lowest BCUT2D eigenvalue weighted by Gasteiger charge is -2.16. The van der Waals surface area contributed by atoms with Crippen LogP contribution < -0.4 is 4.74 Å². The Morgan fingerprint density at radius 2 is 1.85 bits per heavy atom. The summed E-state index contributed by atoms with van der Waals surface area (Å²) >= 11 is 1.50. The molecule has 0 bridgehead atoms. The number of aromatic nitrogens is 2. The van der Waals surface area contributed by atoms with E-state index in [1.165, 1.54) is 17.3 Å². The summed E-state index contributed by atoms with van der Waals surface area (Å²) in [5, 5.41) is 0.856. The molecule has 0 N–H and O–H groups in total. The second-order valence-corrected chi connectivity index (χ2v) is 8.23. The van der Waals surface area contributed by atoms with Gasteiger partial charge in [0.25, 0.3) is 0 Å². The fraction of sp³-hybridized carbons (Fsp3) is 0.333. The minimum atomic E-state index is -0.341. The Balaban J connectivity index is 0.00000261. The van der Waals surface area contributed by atoms with Crippen molar-refractivity contribution < 1.29 is 9.53 Å². The molecule has 0 spiro atoms. The molecule has 0 unspecified atom stereocenters. The summed E-state index contributed by atoms with van der Waals surface area (Å²) in [5.74, 6) is 1.42. The van der Waals surface area contributed by atoms with Crippen molar-refractivity contribution in [3.63, 3.8) is 0 Å². The van der Waals surface area contributed by atoms with Gasteiger partial charge in [0.05, 0.1) is 30.4 Å². The predicted molar refractivity (Wildman–Crippen MR) is 117 cm³/mol. The number of ketones is 1. The maximum Gasteiger partial charge on any atom is 0.169 e. The fourth-order valence-electron chi connectivity index (χ4n) is 2.59. The first kappa shape index (κ1) is 21.5. The van der Waals surface area contributed by atoms with Crippen molar-refractivity contribution in [2.45, 2.75) is 32.5 Å². The molecule has 1 aromatic heterocycles. The molecule has 27 heavy (non-hydrogen) atoms. The number of hydrogen-bond acceptors (Lipinski definition) is 4. The number of benzene rings is 2. The average molecular weight is 449 g/mol. The number of thioether (sulfide) groups is 1. The second-order valence-electron chi connectivity index (χ2n) is 7.28. The molecule has 2 aromatic carbocycles.